The lowest BCUT2D eigenvalue weighted by Crippen LogP contribution is -2.40. The number of ether oxygens (including phenoxy) is 2. The van der Waals surface area contributed by atoms with E-state index in [1.165, 1.54) is 22.5 Å². The predicted octanol–water partition coefficient (Wildman–Crippen LogP) is 2.79. The van der Waals surface area contributed by atoms with E-state index in [0.29, 0.717) is 35.3 Å². The van der Waals surface area contributed by atoms with Gasteiger partial charge in [0.15, 0.2) is 0 Å². The molecule has 1 aromatic heterocycles. The number of carbonyl (C=O) groups excluding carboxylic acids is 1. The SMILES string of the molecule is Cc1ccc2c(COC(=O)c3ccc(C)c(S(=O)(=O)N4CCOCC4)c3)cc(=O)oc2c1. The number of carbonyl (C=O) groups is 1. The van der Waals surface area contributed by atoms with Crippen molar-refractivity contribution in [3.05, 3.63) is 75.1 Å². The molecule has 2 heterocycles. The van der Waals surface area contributed by atoms with E-state index in [2.05, 4.69) is 0 Å². The highest BCUT2D eigenvalue weighted by molar-refractivity contribution is 7.89. The van der Waals surface area contributed by atoms with Crippen LogP contribution in [0.15, 0.2) is 56.6 Å². The quantitative estimate of drug-likeness (QED) is 0.429. The van der Waals surface area contributed by atoms with Gasteiger partial charge in [0.05, 0.1) is 23.7 Å². The molecular weight excluding hydrogens is 434 g/mol. The lowest BCUT2D eigenvalue weighted by Gasteiger charge is -2.26. The zero-order valence-corrected chi connectivity index (χ0v) is 18.6. The molecule has 1 fully saturated rings. The van der Waals surface area contributed by atoms with Crippen molar-refractivity contribution >= 4 is 27.0 Å². The van der Waals surface area contributed by atoms with Crippen LogP contribution in [0.1, 0.15) is 27.0 Å². The van der Waals surface area contributed by atoms with Gasteiger partial charge in [-0.15, -0.1) is 0 Å². The van der Waals surface area contributed by atoms with Gasteiger partial charge in [-0.1, -0.05) is 18.2 Å². The zero-order valence-electron chi connectivity index (χ0n) is 17.8. The van der Waals surface area contributed by atoms with Gasteiger partial charge in [-0.25, -0.2) is 18.0 Å². The molecule has 1 saturated heterocycles. The van der Waals surface area contributed by atoms with Gasteiger partial charge >= 0.3 is 11.6 Å². The van der Waals surface area contributed by atoms with Crippen LogP contribution >= 0.6 is 0 Å². The van der Waals surface area contributed by atoms with Crippen LogP contribution in [-0.4, -0.2) is 45.0 Å². The summed E-state index contributed by atoms with van der Waals surface area (Å²) in [6, 6.07) is 11.1. The summed E-state index contributed by atoms with van der Waals surface area (Å²) >= 11 is 0. The van der Waals surface area contributed by atoms with Gasteiger partial charge in [0.25, 0.3) is 0 Å². The average molecular weight is 458 g/mol. The van der Waals surface area contributed by atoms with Crippen molar-refractivity contribution < 1.29 is 27.1 Å². The monoisotopic (exact) mass is 457 g/mol. The number of hydrogen-bond donors (Lipinski definition) is 0. The van der Waals surface area contributed by atoms with Crippen molar-refractivity contribution in [2.75, 3.05) is 26.3 Å². The summed E-state index contributed by atoms with van der Waals surface area (Å²) in [5.41, 5.74) is 1.98. The molecule has 9 heteroatoms. The van der Waals surface area contributed by atoms with Crippen LogP contribution < -0.4 is 5.63 Å². The Kier molecular flexibility index (Phi) is 6.14. The van der Waals surface area contributed by atoms with Gasteiger partial charge < -0.3 is 13.9 Å². The third-order valence-corrected chi connectivity index (χ3v) is 7.40. The highest BCUT2D eigenvalue weighted by Crippen LogP contribution is 2.24. The molecule has 0 saturated carbocycles. The Morgan fingerprint density at radius 1 is 1.06 bits per heavy atom. The van der Waals surface area contributed by atoms with Crippen LogP contribution in [0.3, 0.4) is 0 Å². The first-order chi connectivity index (χ1) is 15.3. The number of benzene rings is 2. The summed E-state index contributed by atoms with van der Waals surface area (Å²) in [6.07, 6.45) is 0. The number of sulfonamides is 1. The molecule has 0 aliphatic carbocycles. The molecule has 0 amide bonds. The molecule has 0 unspecified atom stereocenters. The first-order valence-corrected chi connectivity index (χ1v) is 11.6. The minimum atomic E-state index is -3.76. The van der Waals surface area contributed by atoms with Crippen LogP contribution in [0.2, 0.25) is 0 Å². The Balaban J connectivity index is 1.58. The molecule has 0 N–H and O–H groups in total. The van der Waals surface area contributed by atoms with E-state index in [-0.39, 0.29) is 30.2 Å². The zero-order chi connectivity index (χ0) is 22.9. The Hall–Kier alpha value is -3.01. The van der Waals surface area contributed by atoms with Crippen molar-refractivity contribution in [2.24, 2.45) is 0 Å². The first kappa shape index (κ1) is 22.2. The maximum Gasteiger partial charge on any atom is 0.338 e. The summed E-state index contributed by atoms with van der Waals surface area (Å²) in [7, 11) is -3.76. The fourth-order valence-corrected chi connectivity index (χ4v) is 5.27. The number of fused-ring (bicyclic) bond motifs is 1. The molecule has 0 radical (unpaired) electrons. The van der Waals surface area contributed by atoms with Crippen LogP contribution in [0.5, 0.6) is 0 Å². The Labute approximate surface area is 185 Å². The Morgan fingerprint density at radius 2 is 1.81 bits per heavy atom. The molecule has 3 aromatic rings. The molecule has 0 atom stereocenters. The highest BCUT2D eigenvalue weighted by Gasteiger charge is 2.28. The number of rotatable bonds is 5. The first-order valence-electron chi connectivity index (χ1n) is 10.1. The average Bonchev–Trinajstić information content (AvgIpc) is 2.77. The second-order valence-electron chi connectivity index (χ2n) is 7.66. The second-order valence-corrected chi connectivity index (χ2v) is 9.57. The van der Waals surface area contributed by atoms with E-state index < -0.39 is 21.6 Å². The van der Waals surface area contributed by atoms with E-state index in [1.807, 2.05) is 13.0 Å². The summed E-state index contributed by atoms with van der Waals surface area (Å²) in [4.78, 5) is 24.7. The van der Waals surface area contributed by atoms with Gasteiger partial charge in [0, 0.05) is 30.1 Å². The summed E-state index contributed by atoms with van der Waals surface area (Å²) in [6.45, 7) is 4.60. The predicted molar refractivity (Wildman–Crippen MR) is 117 cm³/mol. The number of hydrogen-bond acceptors (Lipinski definition) is 7. The fraction of sp³-hybridized carbons (Fsp3) is 0.304. The van der Waals surface area contributed by atoms with E-state index in [4.69, 9.17) is 13.9 Å². The third-order valence-electron chi connectivity index (χ3n) is 5.36. The normalized spacial score (nSPS) is 15.1. The van der Waals surface area contributed by atoms with Gasteiger partial charge in [-0.3, -0.25) is 0 Å². The highest BCUT2D eigenvalue weighted by atomic mass is 32.2. The van der Waals surface area contributed by atoms with Gasteiger partial charge in [0.2, 0.25) is 10.0 Å². The third kappa shape index (κ3) is 4.45. The van der Waals surface area contributed by atoms with E-state index in [1.54, 1.807) is 25.1 Å². The van der Waals surface area contributed by atoms with Gasteiger partial charge in [0.1, 0.15) is 12.2 Å². The van der Waals surface area contributed by atoms with Gasteiger partial charge in [-0.2, -0.15) is 4.31 Å². The molecule has 1 aliphatic rings. The Bertz CT molecular complexity index is 1340. The smallest absolute Gasteiger partial charge is 0.338 e. The molecule has 1 aliphatic heterocycles. The van der Waals surface area contributed by atoms with Crippen molar-refractivity contribution in [3.8, 4) is 0 Å². The van der Waals surface area contributed by atoms with E-state index in [0.717, 1.165) is 5.56 Å². The van der Waals surface area contributed by atoms with Gasteiger partial charge in [-0.05, 0) is 43.2 Å². The number of aryl methyl sites for hydroxylation is 2. The number of esters is 1. The maximum atomic E-state index is 13.0. The van der Waals surface area contributed by atoms with Crippen LogP contribution in [0.25, 0.3) is 11.0 Å². The molecule has 8 nitrogen and oxygen atoms in total. The van der Waals surface area contributed by atoms with Crippen molar-refractivity contribution in [1.29, 1.82) is 0 Å². The van der Waals surface area contributed by atoms with Crippen LogP contribution in [0.4, 0.5) is 0 Å². The van der Waals surface area contributed by atoms with Crippen molar-refractivity contribution in [3.63, 3.8) is 0 Å². The summed E-state index contributed by atoms with van der Waals surface area (Å²) < 4.78 is 43.3. The summed E-state index contributed by atoms with van der Waals surface area (Å²) in [5, 5.41) is 0.669. The van der Waals surface area contributed by atoms with Crippen LogP contribution in [-0.2, 0) is 26.1 Å². The minimum Gasteiger partial charge on any atom is -0.457 e. The molecule has 168 valence electrons. The second kappa shape index (κ2) is 8.85. The maximum absolute atomic E-state index is 13.0. The van der Waals surface area contributed by atoms with E-state index >= 15 is 0 Å². The molecular formula is C23H23NO7S. The standard InChI is InChI=1S/C23H23NO7S/c1-15-3-6-19-18(13-22(25)31-20(19)11-15)14-30-23(26)17-5-4-16(2)21(12-17)32(27,28)24-7-9-29-10-8-24/h3-6,11-13H,7-10,14H2,1-2H3. The molecule has 4 rings (SSSR count). The molecule has 2 aromatic carbocycles. The number of nitrogens with zero attached hydrogens (tertiary/aromatic N) is 1. The molecule has 0 bridgehead atoms. The largest absolute Gasteiger partial charge is 0.457 e. The number of morpholine rings is 1. The van der Waals surface area contributed by atoms with Crippen LogP contribution in [0, 0.1) is 13.8 Å². The van der Waals surface area contributed by atoms with E-state index in [9.17, 15) is 18.0 Å². The lowest BCUT2D eigenvalue weighted by molar-refractivity contribution is 0.0473. The molecule has 32 heavy (non-hydrogen) atoms. The minimum absolute atomic E-state index is 0.0649. The topological polar surface area (TPSA) is 103 Å². The fourth-order valence-electron chi connectivity index (χ4n) is 3.61. The molecule has 0 spiro atoms. The van der Waals surface area contributed by atoms with Crippen molar-refractivity contribution in [1.82, 2.24) is 4.31 Å². The van der Waals surface area contributed by atoms with Crippen molar-refractivity contribution in [2.45, 2.75) is 25.3 Å². The Morgan fingerprint density at radius 3 is 2.56 bits per heavy atom. The summed E-state index contributed by atoms with van der Waals surface area (Å²) in [5.74, 6) is -0.683. The lowest BCUT2D eigenvalue weighted by atomic mass is 10.1.